The Labute approximate surface area is 163 Å². The lowest BCUT2D eigenvalue weighted by Gasteiger charge is -2.30. The molecule has 0 aliphatic heterocycles. The average molecular weight is 371 g/mol. The summed E-state index contributed by atoms with van der Waals surface area (Å²) >= 11 is 0. The highest BCUT2D eigenvalue weighted by Crippen LogP contribution is 2.41. The van der Waals surface area contributed by atoms with Gasteiger partial charge < -0.3 is 4.74 Å². The molecule has 0 bridgehead atoms. The fourth-order valence-corrected chi connectivity index (χ4v) is 5.30. The Morgan fingerprint density at radius 3 is 2.15 bits per heavy atom. The van der Waals surface area contributed by atoms with Gasteiger partial charge >= 0.3 is 0 Å². The standard InChI is InChI=1S/C24H34O3/c1-14(2)27-20-8-6-18(7-9-20)12-19-13-21(25)23(24(19)26)22-16(4)10-15(3)11-17(22)5/h10-11,14,18-20,23H,6-9,12-13H2,1-5H3. The van der Waals surface area contributed by atoms with Crippen LogP contribution in [0.1, 0.15) is 80.5 Å². The fraction of sp³-hybridized carbons (Fsp3) is 0.667. The summed E-state index contributed by atoms with van der Waals surface area (Å²) in [6.07, 6.45) is 6.34. The van der Waals surface area contributed by atoms with Gasteiger partial charge in [-0.1, -0.05) is 17.7 Å². The number of rotatable bonds is 5. The summed E-state index contributed by atoms with van der Waals surface area (Å²) in [4.78, 5) is 25.9. The Morgan fingerprint density at radius 2 is 1.59 bits per heavy atom. The van der Waals surface area contributed by atoms with E-state index in [0.717, 1.165) is 48.8 Å². The van der Waals surface area contributed by atoms with E-state index >= 15 is 0 Å². The third-order valence-corrected chi connectivity index (χ3v) is 6.36. The van der Waals surface area contributed by atoms with Crippen LogP contribution in [0, 0.1) is 32.6 Å². The van der Waals surface area contributed by atoms with E-state index in [-0.39, 0.29) is 23.6 Å². The quantitative estimate of drug-likeness (QED) is 0.667. The van der Waals surface area contributed by atoms with Crippen LogP contribution in [0.15, 0.2) is 12.1 Å². The summed E-state index contributed by atoms with van der Waals surface area (Å²) < 4.78 is 5.94. The minimum Gasteiger partial charge on any atom is -0.376 e. The first-order valence-electron chi connectivity index (χ1n) is 10.6. The van der Waals surface area contributed by atoms with E-state index in [9.17, 15) is 9.59 Å². The predicted molar refractivity (Wildman–Crippen MR) is 108 cm³/mol. The van der Waals surface area contributed by atoms with Crippen molar-refractivity contribution in [3.05, 3.63) is 34.4 Å². The summed E-state index contributed by atoms with van der Waals surface area (Å²) in [5.41, 5.74) is 4.30. The zero-order valence-corrected chi connectivity index (χ0v) is 17.5. The van der Waals surface area contributed by atoms with E-state index in [0.29, 0.717) is 18.4 Å². The van der Waals surface area contributed by atoms with E-state index in [2.05, 4.69) is 32.9 Å². The number of hydrogen-bond acceptors (Lipinski definition) is 3. The minimum atomic E-state index is -0.531. The van der Waals surface area contributed by atoms with Crippen molar-refractivity contribution in [3.8, 4) is 0 Å². The molecule has 3 heteroatoms. The van der Waals surface area contributed by atoms with Crippen LogP contribution in [0.25, 0.3) is 0 Å². The third-order valence-electron chi connectivity index (χ3n) is 6.36. The number of benzene rings is 1. The van der Waals surface area contributed by atoms with Crippen LogP contribution < -0.4 is 0 Å². The minimum absolute atomic E-state index is 0.0878. The van der Waals surface area contributed by atoms with Crippen molar-refractivity contribution in [3.63, 3.8) is 0 Å². The number of carbonyl (C=O) groups excluding carboxylic acids is 2. The molecule has 3 rings (SSSR count). The molecule has 2 fully saturated rings. The maximum absolute atomic E-state index is 13.1. The van der Waals surface area contributed by atoms with Crippen molar-refractivity contribution in [1.29, 1.82) is 0 Å². The van der Waals surface area contributed by atoms with Crippen LogP contribution in [0.3, 0.4) is 0 Å². The van der Waals surface area contributed by atoms with Gasteiger partial charge in [-0.2, -0.15) is 0 Å². The van der Waals surface area contributed by atoms with Crippen LogP contribution in [-0.2, 0) is 14.3 Å². The Balaban J connectivity index is 1.66. The monoisotopic (exact) mass is 370 g/mol. The second-order valence-electron chi connectivity index (χ2n) is 9.08. The Morgan fingerprint density at radius 1 is 1.00 bits per heavy atom. The van der Waals surface area contributed by atoms with E-state index in [1.54, 1.807) is 0 Å². The molecule has 0 spiro atoms. The smallest absolute Gasteiger partial charge is 0.151 e. The molecular weight excluding hydrogens is 336 g/mol. The molecule has 2 saturated carbocycles. The molecule has 0 N–H and O–H groups in total. The predicted octanol–water partition coefficient (Wildman–Crippen LogP) is 5.23. The number of aryl methyl sites for hydroxylation is 3. The maximum atomic E-state index is 13.1. The van der Waals surface area contributed by atoms with Gasteiger partial charge in [0, 0.05) is 12.3 Å². The van der Waals surface area contributed by atoms with E-state index in [1.165, 1.54) is 5.56 Å². The topological polar surface area (TPSA) is 43.4 Å². The van der Waals surface area contributed by atoms with Crippen LogP contribution in [0.5, 0.6) is 0 Å². The van der Waals surface area contributed by atoms with Crippen molar-refractivity contribution in [2.75, 3.05) is 0 Å². The zero-order chi connectivity index (χ0) is 19.7. The Hall–Kier alpha value is -1.48. The first-order valence-corrected chi connectivity index (χ1v) is 10.6. The van der Waals surface area contributed by atoms with E-state index < -0.39 is 5.92 Å². The summed E-state index contributed by atoms with van der Waals surface area (Å²) in [5.74, 6) is 0.219. The molecule has 0 radical (unpaired) electrons. The summed E-state index contributed by atoms with van der Waals surface area (Å²) in [6, 6.07) is 4.18. The van der Waals surface area contributed by atoms with Crippen LogP contribution in [0.2, 0.25) is 0 Å². The normalized spacial score (nSPS) is 29.0. The van der Waals surface area contributed by atoms with Gasteiger partial charge in [-0.05, 0) is 89.3 Å². The lowest BCUT2D eigenvalue weighted by molar-refractivity contribution is -0.125. The summed E-state index contributed by atoms with van der Waals surface area (Å²) in [5, 5.41) is 0. The second kappa shape index (κ2) is 8.26. The lowest BCUT2D eigenvalue weighted by atomic mass is 9.80. The zero-order valence-electron chi connectivity index (χ0n) is 17.5. The van der Waals surface area contributed by atoms with Crippen LogP contribution in [0.4, 0.5) is 0 Å². The van der Waals surface area contributed by atoms with E-state index in [1.807, 2.05) is 13.8 Å². The maximum Gasteiger partial charge on any atom is 0.151 e. The van der Waals surface area contributed by atoms with Gasteiger partial charge in [-0.3, -0.25) is 9.59 Å². The van der Waals surface area contributed by atoms with Crippen LogP contribution in [-0.4, -0.2) is 23.8 Å². The van der Waals surface area contributed by atoms with Crippen molar-refractivity contribution < 1.29 is 14.3 Å². The largest absolute Gasteiger partial charge is 0.376 e. The average Bonchev–Trinajstić information content (AvgIpc) is 2.83. The number of carbonyl (C=O) groups is 2. The molecule has 0 saturated heterocycles. The van der Waals surface area contributed by atoms with Gasteiger partial charge in [0.25, 0.3) is 0 Å². The molecule has 1 aromatic carbocycles. The van der Waals surface area contributed by atoms with Crippen molar-refractivity contribution in [2.24, 2.45) is 11.8 Å². The molecule has 0 aromatic heterocycles. The van der Waals surface area contributed by atoms with Gasteiger partial charge in [-0.25, -0.2) is 0 Å². The first-order chi connectivity index (χ1) is 12.8. The molecule has 1 aromatic rings. The second-order valence-corrected chi connectivity index (χ2v) is 9.08. The molecular formula is C24H34O3. The lowest BCUT2D eigenvalue weighted by Crippen LogP contribution is -2.26. The Bertz CT molecular complexity index is 687. The first kappa shape index (κ1) is 20.3. The molecule has 0 heterocycles. The molecule has 148 valence electrons. The fourth-order valence-electron chi connectivity index (χ4n) is 5.30. The highest BCUT2D eigenvalue weighted by Gasteiger charge is 2.44. The number of hydrogen-bond donors (Lipinski definition) is 0. The van der Waals surface area contributed by atoms with Crippen molar-refractivity contribution in [1.82, 2.24) is 0 Å². The molecule has 2 unspecified atom stereocenters. The van der Waals surface area contributed by atoms with Gasteiger partial charge in [0.15, 0.2) is 5.78 Å². The van der Waals surface area contributed by atoms with Gasteiger partial charge in [0.2, 0.25) is 0 Å². The number of ketones is 2. The molecule has 27 heavy (non-hydrogen) atoms. The van der Waals surface area contributed by atoms with E-state index in [4.69, 9.17) is 4.74 Å². The molecule has 3 nitrogen and oxygen atoms in total. The van der Waals surface area contributed by atoms with Gasteiger partial charge in [0.05, 0.1) is 12.2 Å². The van der Waals surface area contributed by atoms with Crippen LogP contribution >= 0.6 is 0 Å². The third kappa shape index (κ3) is 4.51. The van der Waals surface area contributed by atoms with Gasteiger partial charge in [0.1, 0.15) is 11.7 Å². The summed E-state index contributed by atoms with van der Waals surface area (Å²) in [6.45, 7) is 10.3. The SMILES string of the molecule is Cc1cc(C)c(C2C(=O)CC(CC3CCC(OC(C)C)CC3)C2=O)c(C)c1. The van der Waals surface area contributed by atoms with Gasteiger partial charge in [-0.15, -0.1) is 0 Å². The molecule has 2 aliphatic carbocycles. The Kier molecular flexibility index (Phi) is 6.20. The molecule has 0 amide bonds. The van der Waals surface area contributed by atoms with Crippen molar-refractivity contribution in [2.45, 2.75) is 91.3 Å². The number of ether oxygens (including phenoxy) is 1. The highest BCUT2D eigenvalue weighted by molar-refractivity contribution is 6.14. The molecule has 2 aliphatic rings. The highest BCUT2D eigenvalue weighted by atomic mass is 16.5. The molecule has 2 atom stereocenters. The number of Topliss-reactive ketones (excluding diaryl/α,β-unsaturated/α-hetero) is 2. The van der Waals surface area contributed by atoms with Crippen molar-refractivity contribution >= 4 is 11.6 Å². The summed E-state index contributed by atoms with van der Waals surface area (Å²) in [7, 11) is 0.